The van der Waals surface area contributed by atoms with E-state index in [1.165, 1.54) is 6.92 Å². The first-order valence-corrected chi connectivity index (χ1v) is 6.34. The van der Waals surface area contributed by atoms with Gasteiger partial charge in [0.2, 0.25) is 5.91 Å². The Morgan fingerprint density at radius 2 is 2.00 bits per heavy atom. The zero-order valence-corrected chi connectivity index (χ0v) is 11.4. The van der Waals surface area contributed by atoms with Gasteiger partial charge in [0.1, 0.15) is 0 Å². The number of amides is 1. The van der Waals surface area contributed by atoms with E-state index in [1.54, 1.807) is 0 Å². The second-order valence-corrected chi connectivity index (χ2v) is 4.88. The molecule has 0 aromatic heterocycles. The lowest BCUT2D eigenvalue weighted by atomic mass is 9.96. The van der Waals surface area contributed by atoms with Crippen LogP contribution in [0.4, 0.5) is 11.4 Å². The van der Waals surface area contributed by atoms with Crippen LogP contribution < -0.4 is 16.4 Å². The van der Waals surface area contributed by atoms with E-state index in [9.17, 15) is 4.79 Å². The van der Waals surface area contributed by atoms with E-state index in [2.05, 4.69) is 24.5 Å². The van der Waals surface area contributed by atoms with Crippen LogP contribution in [0.2, 0.25) is 0 Å². The number of nitrogens with two attached hydrogens (primary N) is 1. The quantitative estimate of drug-likeness (QED) is 0.724. The third-order valence-corrected chi connectivity index (χ3v) is 3.00. The maximum atomic E-state index is 11.0. The lowest BCUT2D eigenvalue weighted by Gasteiger charge is -2.20. The van der Waals surface area contributed by atoms with Crippen LogP contribution in [0, 0.1) is 11.8 Å². The molecule has 4 nitrogen and oxygen atoms in total. The Labute approximate surface area is 109 Å². The molecule has 4 heteroatoms. The Morgan fingerprint density at radius 3 is 2.56 bits per heavy atom. The zero-order valence-electron chi connectivity index (χ0n) is 11.4. The standard InChI is InChI=1S/C14H23N3O/c1-10(2)12(8-15)9-16-13-5-4-6-14(7-13)17-11(3)18/h4-7,10,12,16H,8-9,15H2,1-3H3,(H,17,18). The van der Waals surface area contributed by atoms with Crippen LogP contribution in [0.3, 0.4) is 0 Å². The second-order valence-electron chi connectivity index (χ2n) is 4.88. The van der Waals surface area contributed by atoms with Crippen LogP contribution in [0.5, 0.6) is 0 Å². The summed E-state index contributed by atoms with van der Waals surface area (Å²) in [5, 5.41) is 6.13. The van der Waals surface area contributed by atoms with Gasteiger partial charge in [0.25, 0.3) is 0 Å². The number of hydrogen-bond acceptors (Lipinski definition) is 3. The Hall–Kier alpha value is -1.55. The fourth-order valence-corrected chi connectivity index (χ4v) is 1.75. The number of carbonyl (C=O) groups excluding carboxylic acids is 1. The summed E-state index contributed by atoms with van der Waals surface area (Å²) in [7, 11) is 0. The van der Waals surface area contributed by atoms with Crippen LogP contribution in [0.25, 0.3) is 0 Å². The SMILES string of the molecule is CC(=O)Nc1cccc(NCC(CN)C(C)C)c1. The maximum absolute atomic E-state index is 11.0. The van der Waals surface area contributed by atoms with Gasteiger partial charge in [-0.2, -0.15) is 0 Å². The molecule has 1 rings (SSSR count). The van der Waals surface area contributed by atoms with Crippen molar-refractivity contribution < 1.29 is 4.79 Å². The van der Waals surface area contributed by atoms with Gasteiger partial charge in [-0.25, -0.2) is 0 Å². The topological polar surface area (TPSA) is 67.2 Å². The number of hydrogen-bond donors (Lipinski definition) is 3. The van der Waals surface area contributed by atoms with Gasteiger partial charge in [0, 0.05) is 24.8 Å². The first kappa shape index (κ1) is 14.5. The smallest absolute Gasteiger partial charge is 0.221 e. The van der Waals surface area contributed by atoms with Gasteiger partial charge < -0.3 is 16.4 Å². The highest BCUT2D eigenvalue weighted by Gasteiger charge is 2.10. The molecule has 1 aromatic rings. The fourth-order valence-electron chi connectivity index (χ4n) is 1.75. The van der Waals surface area contributed by atoms with Crippen LogP contribution in [-0.2, 0) is 4.79 Å². The van der Waals surface area contributed by atoms with Crippen molar-refractivity contribution in [1.29, 1.82) is 0 Å². The summed E-state index contributed by atoms with van der Waals surface area (Å²) in [4.78, 5) is 11.0. The summed E-state index contributed by atoms with van der Waals surface area (Å²) >= 11 is 0. The van der Waals surface area contributed by atoms with Crippen LogP contribution in [0.1, 0.15) is 20.8 Å². The van der Waals surface area contributed by atoms with Crippen LogP contribution >= 0.6 is 0 Å². The molecule has 0 bridgehead atoms. The molecule has 0 heterocycles. The van der Waals surface area contributed by atoms with Gasteiger partial charge in [-0.15, -0.1) is 0 Å². The molecule has 0 spiro atoms. The second kappa shape index (κ2) is 7.01. The summed E-state index contributed by atoms with van der Waals surface area (Å²) in [6, 6.07) is 7.70. The van der Waals surface area contributed by atoms with Crippen molar-refractivity contribution >= 4 is 17.3 Å². The summed E-state index contributed by atoms with van der Waals surface area (Å²) in [6.45, 7) is 7.37. The minimum atomic E-state index is -0.0610. The fraction of sp³-hybridized carbons (Fsp3) is 0.500. The van der Waals surface area contributed by atoms with Gasteiger partial charge in [-0.05, 0) is 36.6 Å². The lowest BCUT2D eigenvalue weighted by Crippen LogP contribution is -2.27. The van der Waals surface area contributed by atoms with E-state index in [0.29, 0.717) is 18.4 Å². The van der Waals surface area contributed by atoms with Crippen molar-refractivity contribution in [2.24, 2.45) is 17.6 Å². The molecule has 0 radical (unpaired) electrons. The van der Waals surface area contributed by atoms with E-state index in [0.717, 1.165) is 17.9 Å². The average Bonchev–Trinajstić information content (AvgIpc) is 2.29. The molecule has 0 saturated heterocycles. The van der Waals surface area contributed by atoms with Gasteiger partial charge in [-0.3, -0.25) is 4.79 Å². The van der Waals surface area contributed by atoms with Crippen molar-refractivity contribution in [1.82, 2.24) is 0 Å². The Kier molecular flexibility index (Phi) is 5.65. The highest BCUT2D eigenvalue weighted by Crippen LogP contribution is 2.17. The summed E-state index contributed by atoms with van der Waals surface area (Å²) in [5.41, 5.74) is 7.54. The van der Waals surface area contributed by atoms with Crippen molar-refractivity contribution in [2.45, 2.75) is 20.8 Å². The highest BCUT2D eigenvalue weighted by atomic mass is 16.1. The van der Waals surface area contributed by atoms with Crippen LogP contribution in [0.15, 0.2) is 24.3 Å². The highest BCUT2D eigenvalue weighted by molar-refractivity contribution is 5.89. The molecule has 4 N–H and O–H groups in total. The molecule has 0 aliphatic carbocycles. The minimum Gasteiger partial charge on any atom is -0.385 e. The average molecular weight is 249 g/mol. The van der Waals surface area contributed by atoms with Crippen molar-refractivity contribution in [3.8, 4) is 0 Å². The molecule has 18 heavy (non-hydrogen) atoms. The summed E-state index contributed by atoms with van der Waals surface area (Å²) < 4.78 is 0. The number of benzene rings is 1. The first-order valence-electron chi connectivity index (χ1n) is 6.34. The normalized spacial score (nSPS) is 12.3. The third kappa shape index (κ3) is 4.75. The largest absolute Gasteiger partial charge is 0.385 e. The van der Waals surface area contributed by atoms with Crippen molar-refractivity contribution in [3.05, 3.63) is 24.3 Å². The monoisotopic (exact) mass is 249 g/mol. The molecule has 0 saturated carbocycles. The molecule has 1 aromatic carbocycles. The van der Waals surface area contributed by atoms with E-state index in [4.69, 9.17) is 5.73 Å². The molecule has 1 amide bonds. The molecular weight excluding hydrogens is 226 g/mol. The van der Waals surface area contributed by atoms with E-state index in [1.807, 2.05) is 24.3 Å². The van der Waals surface area contributed by atoms with E-state index >= 15 is 0 Å². The summed E-state index contributed by atoms with van der Waals surface area (Å²) in [6.07, 6.45) is 0. The van der Waals surface area contributed by atoms with Gasteiger partial charge >= 0.3 is 0 Å². The Balaban J connectivity index is 2.59. The third-order valence-electron chi connectivity index (χ3n) is 3.00. The number of nitrogens with one attached hydrogen (secondary N) is 2. The number of carbonyl (C=O) groups is 1. The minimum absolute atomic E-state index is 0.0610. The maximum Gasteiger partial charge on any atom is 0.221 e. The lowest BCUT2D eigenvalue weighted by molar-refractivity contribution is -0.114. The molecule has 0 aliphatic rings. The molecule has 0 aliphatic heterocycles. The van der Waals surface area contributed by atoms with Crippen LogP contribution in [-0.4, -0.2) is 19.0 Å². The van der Waals surface area contributed by atoms with E-state index in [-0.39, 0.29) is 5.91 Å². The van der Waals surface area contributed by atoms with E-state index < -0.39 is 0 Å². The predicted octanol–water partition coefficient (Wildman–Crippen LogP) is 2.29. The molecular formula is C14H23N3O. The Morgan fingerprint density at radius 1 is 1.33 bits per heavy atom. The van der Waals surface area contributed by atoms with Gasteiger partial charge in [0.05, 0.1) is 0 Å². The molecule has 0 fully saturated rings. The Bertz CT molecular complexity index is 390. The molecule has 100 valence electrons. The predicted molar refractivity (Wildman–Crippen MR) is 76.6 cm³/mol. The number of anilines is 2. The van der Waals surface area contributed by atoms with Crippen molar-refractivity contribution in [3.63, 3.8) is 0 Å². The first-order chi connectivity index (χ1) is 8.52. The number of rotatable bonds is 6. The zero-order chi connectivity index (χ0) is 13.5. The molecule has 1 unspecified atom stereocenters. The summed E-state index contributed by atoms with van der Waals surface area (Å²) in [5.74, 6) is 0.949. The van der Waals surface area contributed by atoms with Crippen molar-refractivity contribution in [2.75, 3.05) is 23.7 Å². The van der Waals surface area contributed by atoms with Gasteiger partial charge in [-0.1, -0.05) is 19.9 Å². The van der Waals surface area contributed by atoms with Gasteiger partial charge in [0.15, 0.2) is 0 Å². The molecule has 1 atom stereocenters.